The zero-order valence-electron chi connectivity index (χ0n) is 16.0. The number of piperazine rings is 1. The molecule has 1 aromatic carbocycles. The number of hydrogen-bond acceptors (Lipinski definition) is 5. The lowest BCUT2D eigenvalue weighted by Crippen LogP contribution is -2.51. The lowest BCUT2D eigenvalue weighted by molar-refractivity contribution is -0.139. The molecule has 28 heavy (non-hydrogen) atoms. The van der Waals surface area contributed by atoms with Crippen LogP contribution in [0.3, 0.4) is 0 Å². The van der Waals surface area contributed by atoms with E-state index in [-0.39, 0.29) is 23.8 Å². The molecule has 0 spiro atoms. The highest BCUT2D eigenvalue weighted by molar-refractivity contribution is 7.99. The minimum absolute atomic E-state index is 0.0884. The minimum Gasteiger partial charge on any atom is -0.339 e. The molecule has 1 atom stereocenters. The van der Waals surface area contributed by atoms with Gasteiger partial charge in [-0.05, 0) is 25.3 Å². The van der Waals surface area contributed by atoms with Crippen LogP contribution in [0.5, 0.6) is 0 Å². The summed E-state index contributed by atoms with van der Waals surface area (Å²) in [6.07, 6.45) is 3.76. The van der Waals surface area contributed by atoms with Gasteiger partial charge in [-0.25, -0.2) is 0 Å². The molecule has 2 heterocycles. The Labute approximate surface area is 169 Å². The Kier molecular flexibility index (Phi) is 5.66. The van der Waals surface area contributed by atoms with Gasteiger partial charge in [0.05, 0.1) is 11.8 Å². The van der Waals surface area contributed by atoms with Crippen molar-refractivity contribution in [3.8, 4) is 0 Å². The monoisotopic (exact) mass is 399 g/mol. The van der Waals surface area contributed by atoms with Gasteiger partial charge in [0.15, 0.2) is 5.16 Å². The number of amides is 2. The molecule has 1 aromatic heterocycles. The van der Waals surface area contributed by atoms with Crippen molar-refractivity contribution < 1.29 is 9.59 Å². The van der Waals surface area contributed by atoms with Gasteiger partial charge in [0.2, 0.25) is 11.8 Å². The first-order valence-electron chi connectivity index (χ1n) is 9.77. The first-order chi connectivity index (χ1) is 13.6. The van der Waals surface area contributed by atoms with Crippen molar-refractivity contribution in [2.45, 2.75) is 31.0 Å². The van der Waals surface area contributed by atoms with Crippen LogP contribution >= 0.6 is 11.8 Å². The Bertz CT molecular complexity index is 828. The average Bonchev–Trinajstić information content (AvgIpc) is 3.49. The van der Waals surface area contributed by atoms with E-state index in [1.807, 2.05) is 32.6 Å². The summed E-state index contributed by atoms with van der Waals surface area (Å²) in [5.74, 6) is 0.933. The minimum atomic E-state index is 0.0884. The summed E-state index contributed by atoms with van der Waals surface area (Å²) in [5.41, 5.74) is 1.17. The second-order valence-corrected chi connectivity index (χ2v) is 8.32. The van der Waals surface area contributed by atoms with E-state index < -0.39 is 0 Å². The highest BCUT2D eigenvalue weighted by Gasteiger charge is 2.35. The van der Waals surface area contributed by atoms with Crippen LogP contribution in [0.15, 0.2) is 41.8 Å². The summed E-state index contributed by atoms with van der Waals surface area (Å²) >= 11 is 1.42. The van der Waals surface area contributed by atoms with Gasteiger partial charge in [-0.2, -0.15) is 0 Å². The van der Waals surface area contributed by atoms with Crippen LogP contribution in [0.2, 0.25) is 0 Å². The quantitative estimate of drug-likeness (QED) is 0.696. The highest BCUT2D eigenvalue weighted by atomic mass is 32.2. The first kappa shape index (κ1) is 19.0. The molecule has 2 aromatic rings. The molecule has 1 saturated heterocycles. The molecular weight excluding hydrogens is 374 g/mol. The van der Waals surface area contributed by atoms with Crippen molar-refractivity contribution in [3.05, 3.63) is 42.2 Å². The molecule has 7 nitrogen and oxygen atoms in total. The van der Waals surface area contributed by atoms with Gasteiger partial charge >= 0.3 is 0 Å². The third-order valence-electron chi connectivity index (χ3n) is 5.43. The Hall–Kier alpha value is -2.35. The van der Waals surface area contributed by atoms with E-state index in [0.29, 0.717) is 31.9 Å². The topological polar surface area (TPSA) is 71.3 Å². The smallest absolute Gasteiger partial charge is 0.233 e. The fourth-order valence-corrected chi connectivity index (χ4v) is 4.37. The SMILES string of the molecule is C[C@@H](c1ccccc1)n1cnnc1SCC(=O)N1CCN(C(=O)C2CC2)CC1. The fraction of sp³-hybridized carbons (Fsp3) is 0.500. The summed E-state index contributed by atoms with van der Waals surface area (Å²) in [4.78, 5) is 28.5. The maximum Gasteiger partial charge on any atom is 0.233 e. The van der Waals surface area contributed by atoms with Crippen LogP contribution in [0.25, 0.3) is 0 Å². The lowest BCUT2D eigenvalue weighted by Gasteiger charge is -2.34. The first-order valence-corrected chi connectivity index (χ1v) is 10.8. The number of aromatic nitrogens is 3. The Morgan fingerprint density at radius 1 is 1.11 bits per heavy atom. The van der Waals surface area contributed by atoms with Crippen LogP contribution in [-0.4, -0.2) is 68.3 Å². The molecule has 0 N–H and O–H groups in total. The van der Waals surface area contributed by atoms with Gasteiger partial charge in [-0.15, -0.1) is 10.2 Å². The van der Waals surface area contributed by atoms with Crippen LogP contribution in [-0.2, 0) is 9.59 Å². The van der Waals surface area contributed by atoms with Crippen LogP contribution < -0.4 is 0 Å². The largest absolute Gasteiger partial charge is 0.339 e. The van der Waals surface area contributed by atoms with Gasteiger partial charge < -0.3 is 14.4 Å². The van der Waals surface area contributed by atoms with Crippen molar-refractivity contribution >= 4 is 23.6 Å². The molecule has 1 aliphatic carbocycles. The maximum atomic E-state index is 12.6. The molecule has 0 radical (unpaired) electrons. The maximum absolute atomic E-state index is 12.6. The van der Waals surface area contributed by atoms with E-state index in [2.05, 4.69) is 29.3 Å². The molecule has 2 aliphatic rings. The van der Waals surface area contributed by atoms with Gasteiger partial charge in [0.25, 0.3) is 0 Å². The second kappa shape index (κ2) is 8.34. The summed E-state index contributed by atoms with van der Waals surface area (Å²) in [6.45, 7) is 4.62. The molecule has 1 saturated carbocycles. The third kappa shape index (κ3) is 4.22. The standard InChI is InChI=1S/C20H25N5O2S/c1-15(16-5-3-2-4-6-16)25-14-21-22-20(25)28-13-18(26)23-9-11-24(12-10-23)19(27)17-7-8-17/h2-6,14-15,17H,7-13H2,1H3/t15-/m0/s1. The molecule has 0 bridgehead atoms. The number of carbonyl (C=O) groups is 2. The van der Waals surface area contributed by atoms with Crippen LogP contribution in [0, 0.1) is 5.92 Å². The lowest BCUT2D eigenvalue weighted by atomic mass is 10.1. The molecule has 148 valence electrons. The van der Waals surface area contributed by atoms with Crippen molar-refractivity contribution in [1.29, 1.82) is 0 Å². The van der Waals surface area contributed by atoms with E-state index >= 15 is 0 Å². The molecular formula is C20H25N5O2S. The highest BCUT2D eigenvalue weighted by Crippen LogP contribution is 2.31. The predicted octanol–water partition coefficient (Wildman–Crippen LogP) is 2.06. The number of hydrogen-bond donors (Lipinski definition) is 0. The van der Waals surface area contributed by atoms with E-state index in [1.165, 1.54) is 17.3 Å². The second-order valence-electron chi connectivity index (χ2n) is 7.38. The van der Waals surface area contributed by atoms with Crippen LogP contribution in [0.1, 0.15) is 31.4 Å². The summed E-state index contributed by atoms with van der Waals surface area (Å²) < 4.78 is 2.00. The average molecular weight is 400 g/mol. The Balaban J connectivity index is 1.30. The predicted molar refractivity (Wildman–Crippen MR) is 107 cm³/mol. The fourth-order valence-electron chi connectivity index (χ4n) is 3.48. The van der Waals surface area contributed by atoms with Crippen molar-refractivity contribution in [1.82, 2.24) is 24.6 Å². The Morgan fingerprint density at radius 2 is 1.79 bits per heavy atom. The molecule has 1 aliphatic heterocycles. The number of benzene rings is 1. The Morgan fingerprint density at radius 3 is 2.46 bits per heavy atom. The van der Waals surface area contributed by atoms with E-state index in [0.717, 1.165) is 18.0 Å². The number of rotatable bonds is 6. The molecule has 0 unspecified atom stereocenters. The van der Waals surface area contributed by atoms with Crippen molar-refractivity contribution in [3.63, 3.8) is 0 Å². The molecule has 4 rings (SSSR count). The zero-order chi connectivity index (χ0) is 19.5. The molecule has 2 fully saturated rings. The van der Waals surface area contributed by atoms with Crippen molar-refractivity contribution in [2.24, 2.45) is 5.92 Å². The summed E-state index contributed by atoms with van der Waals surface area (Å²) in [7, 11) is 0. The van der Waals surface area contributed by atoms with E-state index in [4.69, 9.17) is 0 Å². The van der Waals surface area contributed by atoms with E-state index in [1.54, 1.807) is 6.33 Å². The number of carbonyl (C=O) groups excluding carboxylic acids is 2. The van der Waals surface area contributed by atoms with Gasteiger partial charge in [-0.3, -0.25) is 9.59 Å². The third-order valence-corrected chi connectivity index (χ3v) is 6.38. The van der Waals surface area contributed by atoms with Gasteiger partial charge in [0, 0.05) is 32.1 Å². The zero-order valence-corrected chi connectivity index (χ0v) is 16.8. The number of thioether (sulfide) groups is 1. The molecule has 2 amide bonds. The van der Waals surface area contributed by atoms with Gasteiger partial charge in [-0.1, -0.05) is 42.1 Å². The van der Waals surface area contributed by atoms with E-state index in [9.17, 15) is 9.59 Å². The van der Waals surface area contributed by atoms with Gasteiger partial charge in [0.1, 0.15) is 6.33 Å². The normalized spacial score (nSPS) is 18.2. The van der Waals surface area contributed by atoms with Crippen LogP contribution in [0.4, 0.5) is 0 Å². The summed E-state index contributed by atoms with van der Waals surface area (Å²) in [6, 6.07) is 10.3. The molecule has 8 heteroatoms. The number of nitrogens with zero attached hydrogens (tertiary/aromatic N) is 5. The summed E-state index contributed by atoms with van der Waals surface area (Å²) in [5, 5.41) is 8.97. The van der Waals surface area contributed by atoms with Crippen molar-refractivity contribution in [2.75, 3.05) is 31.9 Å².